The molecule has 0 bridgehead atoms. The van der Waals surface area contributed by atoms with Gasteiger partial charge in [-0.25, -0.2) is 13.8 Å². The summed E-state index contributed by atoms with van der Waals surface area (Å²) in [4.78, 5) is 17.1. The Morgan fingerprint density at radius 1 is 1.06 bits per heavy atom. The van der Waals surface area contributed by atoms with E-state index in [1.807, 2.05) is 0 Å². The first-order valence-corrected chi connectivity index (χ1v) is 10.9. The number of benzene rings is 3. The standard InChI is InChI=1S/C24H17ClF2N2O3S/c1-31-20-11-15(10-19(25)22(20)32-13-14-2-4-16(26)5-3-14)12-21-23(30)29-24(33-21)28-18-8-6-17(27)7-9-18/h2-12H,13H2,1H3,(H,28,29,30)/b21-12+. The average molecular weight is 487 g/mol. The fourth-order valence-electron chi connectivity index (χ4n) is 2.96. The van der Waals surface area contributed by atoms with E-state index in [4.69, 9.17) is 21.1 Å². The van der Waals surface area contributed by atoms with E-state index in [1.165, 1.54) is 43.5 Å². The number of ether oxygens (including phenoxy) is 2. The van der Waals surface area contributed by atoms with E-state index >= 15 is 0 Å². The van der Waals surface area contributed by atoms with Crippen molar-refractivity contribution >= 4 is 46.2 Å². The van der Waals surface area contributed by atoms with Crippen LogP contribution in [0.1, 0.15) is 11.1 Å². The number of hydrogen-bond donors (Lipinski definition) is 1. The van der Waals surface area contributed by atoms with Crippen molar-refractivity contribution in [2.45, 2.75) is 6.61 Å². The molecule has 1 amide bonds. The van der Waals surface area contributed by atoms with E-state index in [1.54, 1.807) is 30.3 Å². The Labute approximate surface area is 198 Å². The summed E-state index contributed by atoms with van der Waals surface area (Å²) in [5, 5.41) is 3.36. The number of carbonyl (C=O) groups is 1. The molecule has 0 aliphatic carbocycles. The van der Waals surface area contributed by atoms with Crippen LogP contribution < -0.4 is 14.8 Å². The molecule has 1 saturated heterocycles. The quantitative estimate of drug-likeness (QED) is 0.428. The summed E-state index contributed by atoms with van der Waals surface area (Å²) in [6, 6.07) is 14.9. The fourth-order valence-corrected chi connectivity index (χ4v) is 4.08. The molecule has 1 aliphatic rings. The van der Waals surface area contributed by atoms with Crippen LogP contribution in [-0.4, -0.2) is 18.2 Å². The Balaban J connectivity index is 1.52. The van der Waals surface area contributed by atoms with Crippen LogP contribution in [0, 0.1) is 11.6 Å². The smallest absolute Gasteiger partial charge is 0.264 e. The van der Waals surface area contributed by atoms with Gasteiger partial charge in [-0.1, -0.05) is 23.7 Å². The molecule has 9 heteroatoms. The van der Waals surface area contributed by atoms with Gasteiger partial charge in [0.15, 0.2) is 16.7 Å². The lowest BCUT2D eigenvalue weighted by Crippen LogP contribution is -2.19. The highest BCUT2D eigenvalue weighted by Gasteiger charge is 2.24. The number of thioether (sulfide) groups is 1. The van der Waals surface area contributed by atoms with Crippen molar-refractivity contribution < 1.29 is 23.0 Å². The second kappa shape index (κ2) is 10.1. The molecule has 0 spiro atoms. The number of nitrogens with zero attached hydrogens (tertiary/aromatic N) is 1. The Kier molecular flexibility index (Phi) is 6.96. The van der Waals surface area contributed by atoms with Crippen molar-refractivity contribution in [1.29, 1.82) is 0 Å². The van der Waals surface area contributed by atoms with Gasteiger partial charge in [-0.3, -0.25) is 4.79 Å². The molecule has 0 unspecified atom stereocenters. The van der Waals surface area contributed by atoms with Gasteiger partial charge in [-0.15, -0.1) is 0 Å². The predicted octanol–water partition coefficient (Wildman–Crippen LogP) is 6.10. The summed E-state index contributed by atoms with van der Waals surface area (Å²) in [5.41, 5.74) is 1.92. The SMILES string of the molecule is COc1cc(/C=C2/SC(=Nc3ccc(F)cc3)NC2=O)cc(Cl)c1OCc1ccc(F)cc1. The normalized spacial score (nSPS) is 15.7. The average Bonchev–Trinajstić information content (AvgIpc) is 3.13. The molecule has 33 heavy (non-hydrogen) atoms. The zero-order valence-corrected chi connectivity index (χ0v) is 18.8. The third kappa shape index (κ3) is 5.71. The van der Waals surface area contributed by atoms with Crippen molar-refractivity contribution in [2.24, 2.45) is 4.99 Å². The lowest BCUT2D eigenvalue weighted by atomic mass is 10.1. The number of rotatable bonds is 6. The fraction of sp³-hybridized carbons (Fsp3) is 0.0833. The second-order valence-electron chi connectivity index (χ2n) is 6.91. The topological polar surface area (TPSA) is 59.9 Å². The van der Waals surface area contributed by atoms with Gasteiger partial charge in [0.2, 0.25) is 0 Å². The zero-order chi connectivity index (χ0) is 23.4. The minimum atomic E-state index is -0.362. The maximum absolute atomic E-state index is 13.1. The van der Waals surface area contributed by atoms with Crippen LogP contribution in [0.15, 0.2) is 70.6 Å². The van der Waals surface area contributed by atoms with Gasteiger partial charge < -0.3 is 14.8 Å². The molecular weight excluding hydrogens is 470 g/mol. The first-order valence-electron chi connectivity index (χ1n) is 9.71. The number of hydrogen-bond acceptors (Lipinski definition) is 5. The number of carbonyl (C=O) groups excluding carboxylic acids is 1. The molecule has 1 aliphatic heterocycles. The summed E-state index contributed by atoms with van der Waals surface area (Å²) in [6.45, 7) is 0.179. The van der Waals surface area contributed by atoms with Gasteiger partial charge in [0, 0.05) is 0 Å². The molecule has 5 nitrogen and oxygen atoms in total. The first kappa shape index (κ1) is 22.8. The number of methoxy groups -OCH3 is 1. The van der Waals surface area contributed by atoms with Crippen molar-refractivity contribution in [1.82, 2.24) is 5.32 Å². The summed E-state index contributed by atoms with van der Waals surface area (Å²) in [7, 11) is 1.48. The maximum atomic E-state index is 13.1. The predicted molar refractivity (Wildman–Crippen MR) is 126 cm³/mol. The van der Waals surface area contributed by atoms with Gasteiger partial charge in [-0.05, 0) is 77.5 Å². The maximum Gasteiger partial charge on any atom is 0.264 e. The molecule has 4 rings (SSSR count). The molecule has 3 aromatic carbocycles. The minimum Gasteiger partial charge on any atom is -0.493 e. The van der Waals surface area contributed by atoms with E-state index < -0.39 is 0 Å². The van der Waals surface area contributed by atoms with E-state index in [2.05, 4.69) is 10.3 Å². The Hall–Kier alpha value is -3.36. The van der Waals surface area contributed by atoms with Crippen LogP contribution in [0.4, 0.5) is 14.5 Å². The summed E-state index contributed by atoms with van der Waals surface area (Å²) in [5.74, 6) is -0.273. The number of amides is 1. The van der Waals surface area contributed by atoms with Gasteiger partial charge in [0.05, 0.1) is 22.7 Å². The number of amidine groups is 1. The molecule has 0 atom stereocenters. The van der Waals surface area contributed by atoms with Gasteiger partial charge in [-0.2, -0.15) is 0 Å². The van der Waals surface area contributed by atoms with Crippen LogP contribution in [-0.2, 0) is 11.4 Å². The highest BCUT2D eigenvalue weighted by molar-refractivity contribution is 8.18. The molecule has 3 aromatic rings. The van der Waals surface area contributed by atoms with Crippen LogP contribution >= 0.6 is 23.4 Å². The molecule has 0 saturated carbocycles. The number of aliphatic imine (C=N–C) groups is 1. The molecule has 1 heterocycles. The molecule has 168 valence electrons. The van der Waals surface area contributed by atoms with E-state index in [0.29, 0.717) is 37.8 Å². The van der Waals surface area contributed by atoms with Crippen LogP contribution in [0.25, 0.3) is 6.08 Å². The van der Waals surface area contributed by atoms with E-state index in [9.17, 15) is 13.6 Å². The van der Waals surface area contributed by atoms with Crippen molar-refractivity contribution in [3.8, 4) is 11.5 Å². The molecule has 1 fully saturated rings. The summed E-state index contributed by atoms with van der Waals surface area (Å²) < 4.78 is 37.4. The second-order valence-corrected chi connectivity index (χ2v) is 8.35. The lowest BCUT2D eigenvalue weighted by molar-refractivity contribution is -0.115. The highest BCUT2D eigenvalue weighted by atomic mass is 35.5. The van der Waals surface area contributed by atoms with E-state index in [-0.39, 0.29) is 24.1 Å². The number of nitrogens with one attached hydrogen (secondary N) is 1. The Morgan fingerprint density at radius 3 is 2.39 bits per heavy atom. The monoisotopic (exact) mass is 486 g/mol. The van der Waals surface area contributed by atoms with Crippen LogP contribution in [0.5, 0.6) is 11.5 Å². The van der Waals surface area contributed by atoms with Crippen LogP contribution in [0.2, 0.25) is 5.02 Å². The third-order valence-corrected chi connectivity index (χ3v) is 5.74. The summed E-state index contributed by atoms with van der Waals surface area (Å²) in [6.07, 6.45) is 1.66. The van der Waals surface area contributed by atoms with Crippen molar-refractivity contribution in [3.05, 3.63) is 93.4 Å². The molecule has 1 N–H and O–H groups in total. The Morgan fingerprint density at radius 2 is 1.73 bits per heavy atom. The van der Waals surface area contributed by atoms with E-state index in [0.717, 1.165) is 17.3 Å². The van der Waals surface area contributed by atoms with Crippen molar-refractivity contribution in [2.75, 3.05) is 7.11 Å². The van der Waals surface area contributed by atoms with Crippen LogP contribution in [0.3, 0.4) is 0 Å². The largest absolute Gasteiger partial charge is 0.493 e. The highest BCUT2D eigenvalue weighted by Crippen LogP contribution is 2.38. The zero-order valence-electron chi connectivity index (χ0n) is 17.3. The number of halogens is 3. The first-order chi connectivity index (χ1) is 15.9. The molecule has 0 radical (unpaired) electrons. The van der Waals surface area contributed by atoms with Crippen molar-refractivity contribution in [3.63, 3.8) is 0 Å². The lowest BCUT2D eigenvalue weighted by Gasteiger charge is -2.13. The van der Waals surface area contributed by atoms with Gasteiger partial charge >= 0.3 is 0 Å². The molecular formula is C24H17ClF2N2O3S. The Bertz CT molecular complexity index is 1250. The summed E-state index contributed by atoms with van der Waals surface area (Å²) >= 11 is 7.58. The minimum absolute atomic E-state index is 0.179. The van der Waals surface area contributed by atoms with Gasteiger partial charge in [0.1, 0.15) is 18.2 Å². The van der Waals surface area contributed by atoms with Gasteiger partial charge in [0.25, 0.3) is 5.91 Å². The molecule has 0 aromatic heterocycles. The third-order valence-electron chi connectivity index (χ3n) is 4.55.